The molecule has 2 heterocycles. The molecule has 0 atom stereocenters. The van der Waals surface area contributed by atoms with Crippen molar-refractivity contribution in [2.24, 2.45) is 0 Å². The topological polar surface area (TPSA) is 75.7 Å². The van der Waals surface area contributed by atoms with Crippen molar-refractivity contribution in [3.63, 3.8) is 0 Å². The van der Waals surface area contributed by atoms with E-state index in [1.165, 1.54) is 0 Å². The average molecular weight is 291 g/mol. The second-order valence-electron chi connectivity index (χ2n) is 4.90. The number of ether oxygens (including phenoxy) is 1. The van der Waals surface area contributed by atoms with Crippen molar-refractivity contribution in [2.45, 2.75) is 0 Å². The SMILES string of the molecule is COc1ccc2ncnc(Nc3ccc4cn[nH]c4c3)c2c1. The second kappa shape index (κ2) is 5.00. The molecule has 4 aromatic rings. The number of rotatable bonds is 3. The molecular formula is C16H13N5O. The molecule has 108 valence electrons. The van der Waals surface area contributed by atoms with Crippen molar-refractivity contribution < 1.29 is 4.74 Å². The van der Waals surface area contributed by atoms with Gasteiger partial charge in [-0.25, -0.2) is 9.97 Å². The summed E-state index contributed by atoms with van der Waals surface area (Å²) in [6, 6.07) is 11.7. The third kappa shape index (κ3) is 2.10. The Morgan fingerprint density at radius 3 is 2.95 bits per heavy atom. The van der Waals surface area contributed by atoms with Gasteiger partial charge in [0.1, 0.15) is 17.9 Å². The van der Waals surface area contributed by atoms with E-state index in [1.807, 2.05) is 36.4 Å². The number of fused-ring (bicyclic) bond motifs is 2. The van der Waals surface area contributed by atoms with Crippen molar-refractivity contribution in [2.75, 3.05) is 12.4 Å². The summed E-state index contributed by atoms with van der Waals surface area (Å²) in [5, 5.41) is 12.3. The molecule has 0 amide bonds. The van der Waals surface area contributed by atoms with E-state index in [2.05, 4.69) is 25.5 Å². The highest BCUT2D eigenvalue weighted by Gasteiger charge is 2.06. The molecule has 0 aliphatic heterocycles. The Labute approximate surface area is 126 Å². The molecule has 0 aliphatic carbocycles. The van der Waals surface area contributed by atoms with Gasteiger partial charge in [0, 0.05) is 16.5 Å². The van der Waals surface area contributed by atoms with E-state index in [0.29, 0.717) is 0 Å². The van der Waals surface area contributed by atoms with Crippen molar-refractivity contribution in [1.29, 1.82) is 0 Å². The third-order valence-corrected chi connectivity index (χ3v) is 3.55. The number of hydrogen-bond acceptors (Lipinski definition) is 5. The van der Waals surface area contributed by atoms with Crippen LogP contribution in [0.5, 0.6) is 5.75 Å². The third-order valence-electron chi connectivity index (χ3n) is 3.55. The van der Waals surface area contributed by atoms with Crippen LogP contribution in [0.2, 0.25) is 0 Å². The van der Waals surface area contributed by atoms with E-state index < -0.39 is 0 Å². The average Bonchev–Trinajstić information content (AvgIpc) is 3.02. The predicted octanol–water partition coefficient (Wildman–Crippen LogP) is 3.26. The summed E-state index contributed by atoms with van der Waals surface area (Å²) in [5.74, 6) is 1.51. The first-order chi connectivity index (χ1) is 10.8. The van der Waals surface area contributed by atoms with E-state index >= 15 is 0 Å². The maximum absolute atomic E-state index is 5.28. The van der Waals surface area contributed by atoms with Crippen LogP contribution in [0.3, 0.4) is 0 Å². The number of anilines is 2. The molecule has 0 spiro atoms. The zero-order valence-corrected chi connectivity index (χ0v) is 11.9. The van der Waals surface area contributed by atoms with Gasteiger partial charge in [0.2, 0.25) is 0 Å². The number of hydrogen-bond donors (Lipinski definition) is 2. The lowest BCUT2D eigenvalue weighted by Gasteiger charge is -2.09. The highest BCUT2D eigenvalue weighted by molar-refractivity contribution is 5.92. The monoisotopic (exact) mass is 291 g/mol. The lowest BCUT2D eigenvalue weighted by Crippen LogP contribution is -1.96. The van der Waals surface area contributed by atoms with E-state index in [-0.39, 0.29) is 0 Å². The molecule has 0 bridgehead atoms. The summed E-state index contributed by atoms with van der Waals surface area (Å²) >= 11 is 0. The molecule has 0 unspecified atom stereocenters. The van der Waals surface area contributed by atoms with Crippen LogP contribution in [-0.2, 0) is 0 Å². The largest absolute Gasteiger partial charge is 0.497 e. The molecular weight excluding hydrogens is 278 g/mol. The Morgan fingerprint density at radius 2 is 2.05 bits per heavy atom. The van der Waals surface area contributed by atoms with Crippen LogP contribution in [0.15, 0.2) is 48.9 Å². The fourth-order valence-corrected chi connectivity index (χ4v) is 2.41. The summed E-state index contributed by atoms with van der Waals surface area (Å²) in [7, 11) is 1.64. The maximum atomic E-state index is 5.28. The number of nitrogens with zero attached hydrogens (tertiary/aromatic N) is 3. The van der Waals surface area contributed by atoms with Crippen LogP contribution in [0, 0.1) is 0 Å². The minimum Gasteiger partial charge on any atom is -0.497 e. The van der Waals surface area contributed by atoms with E-state index in [1.54, 1.807) is 19.6 Å². The van der Waals surface area contributed by atoms with Crippen molar-refractivity contribution >= 4 is 33.3 Å². The number of benzene rings is 2. The minimum absolute atomic E-state index is 0.739. The van der Waals surface area contributed by atoms with Crippen molar-refractivity contribution in [1.82, 2.24) is 20.2 Å². The fraction of sp³-hybridized carbons (Fsp3) is 0.0625. The molecule has 2 aromatic heterocycles. The van der Waals surface area contributed by atoms with Gasteiger partial charge in [-0.05, 0) is 36.4 Å². The molecule has 0 saturated heterocycles. The first-order valence-corrected chi connectivity index (χ1v) is 6.82. The maximum Gasteiger partial charge on any atom is 0.141 e. The summed E-state index contributed by atoms with van der Waals surface area (Å²) in [4.78, 5) is 8.62. The van der Waals surface area contributed by atoms with Gasteiger partial charge in [0.15, 0.2) is 0 Å². The Hall–Kier alpha value is -3.15. The predicted molar refractivity (Wildman–Crippen MR) is 85.5 cm³/mol. The molecule has 2 aromatic carbocycles. The molecule has 0 fully saturated rings. The normalized spacial score (nSPS) is 11.0. The molecule has 6 heteroatoms. The van der Waals surface area contributed by atoms with Crippen LogP contribution >= 0.6 is 0 Å². The standard InChI is InChI=1S/C16H13N5O/c1-22-12-4-5-14-13(7-12)16(18-9-17-14)20-11-3-2-10-8-19-21-15(10)6-11/h2-9H,1H3,(H,19,21)(H,17,18,20). The van der Waals surface area contributed by atoms with Gasteiger partial charge in [-0.15, -0.1) is 0 Å². The summed E-state index contributed by atoms with van der Waals surface area (Å²) in [6.07, 6.45) is 3.34. The molecule has 4 rings (SSSR count). The van der Waals surface area contributed by atoms with Crippen molar-refractivity contribution in [3.05, 3.63) is 48.9 Å². The zero-order chi connectivity index (χ0) is 14.9. The molecule has 22 heavy (non-hydrogen) atoms. The van der Waals surface area contributed by atoms with Gasteiger partial charge in [-0.3, -0.25) is 5.10 Å². The fourth-order valence-electron chi connectivity index (χ4n) is 2.41. The summed E-state index contributed by atoms with van der Waals surface area (Å²) in [6.45, 7) is 0. The molecule has 2 N–H and O–H groups in total. The van der Waals surface area contributed by atoms with Gasteiger partial charge in [0.25, 0.3) is 0 Å². The number of nitrogens with one attached hydrogen (secondary N) is 2. The Morgan fingerprint density at radius 1 is 1.09 bits per heavy atom. The number of H-pyrrole nitrogens is 1. The van der Waals surface area contributed by atoms with Crippen LogP contribution in [0.25, 0.3) is 21.8 Å². The Kier molecular flexibility index (Phi) is 2.86. The molecule has 0 saturated carbocycles. The second-order valence-corrected chi connectivity index (χ2v) is 4.90. The lowest BCUT2D eigenvalue weighted by molar-refractivity contribution is 0.415. The molecule has 0 aliphatic rings. The Bertz CT molecular complexity index is 963. The van der Waals surface area contributed by atoms with Crippen LogP contribution < -0.4 is 10.1 Å². The van der Waals surface area contributed by atoms with E-state index in [9.17, 15) is 0 Å². The van der Waals surface area contributed by atoms with Gasteiger partial charge in [-0.1, -0.05) is 0 Å². The number of aromatic nitrogens is 4. The minimum atomic E-state index is 0.739. The van der Waals surface area contributed by atoms with Crippen molar-refractivity contribution in [3.8, 4) is 5.75 Å². The van der Waals surface area contributed by atoms with Crippen LogP contribution in [-0.4, -0.2) is 27.3 Å². The number of methoxy groups -OCH3 is 1. The van der Waals surface area contributed by atoms with Gasteiger partial charge in [0.05, 0.1) is 24.3 Å². The smallest absolute Gasteiger partial charge is 0.141 e. The summed E-state index contributed by atoms with van der Waals surface area (Å²) in [5.41, 5.74) is 2.77. The number of aromatic amines is 1. The van der Waals surface area contributed by atoms with Gasteiger partial charge in [-0.2, -0.15) is 5.10 Å². The molecule has 6 nitrogen and oxygen atoms in total. The highest BCUT2D eigenvalue weighted by Crippen LogP contribution is 2.27. The first-order valence-electron chi connectivity index (χ1n) is 6.82. The van der Waals surface area contributed by atoms with Crippen LogP contribution in [0.4, 0.5) is 11.5 Å². The Balaban J connectivity index is 1.79. The summed E-state index contributed by atoms with van der Waals surface area (Å²) < 4.78 is 5.28. The van der Waals surface area contributed by atoms with Gasteiger partial charge >= 0.3 is 0 Å². The molecule has 0 radical (unpaired) electrons. The van der Waals surface area contributed by atoms with Gasteiger partial charge < -0.3 is 10.1 Å². The quantitative estimate of drug-likeness (QED) is 0.606. The lowest BCUT2D eigenvalue weighted by atomic mass is 10.2. The van der Waals surface area contributed by atoms with E-state index in [4.69, 9.17) is 4.74 Å². The van der Waals surface area contributed by atoms with E-state index in [0.717, 1.165) is 39.1 Å². The van der Waals surface area contributed by atoms with Crippen LogP contribution in [0.1, 0.15) is 0 Å². The first kappa shape index (κ1) is 12.6. The zero-order valence-electron chi connectivity index (χ0n) is 11.9. The highest BCUT2D eigenvalue weighted by atomic mass is 16.5.